The largest absolute Gasteiger partial charge is 0.396 e. The molecule has 0 unspecified atom stereocenters. The topological polar surface area (TPSA) is 38.7 Å². The van der Waals surface area contributed by atoms with Crippen LogP contribution in [0.15, 0.2) is 0 Å². The first-order valence-corrected chi connectivity index (χ1v) is 6.54. The molecular formula is C13H26O3. The highest BCUT2D eigenvalue weighted by atomic mass is 16.7. The highest BCUT2D eigenvalue weighted by Crippen LogP contribution is 2.25. The van der Waals surface area contributed by atoms with Crippen molar-refractivity contribution >= 4 is 0 Å². The van der Waals surface area contributed by atoms with Gasteiger partial charge in [0, 0.05) is 5.41 Å². The lowest BCUT2D eigenvalue weighted by molar-refractivity contribution is -0.234. The van der Waals surface area contributed by atoms with Crippen molar-refractivity contribution in [3.8, 4) is 0 Å². The smallest absolute Gasteiger partial charge is 0.157 e. The Kier molecular flexibility index (Phi) is 6.32. The van der Waals surface area contributed by atoms with Crippen LogP contribution in [0.4, 0.5) is 0 Å². The van der Waals surface area contributed by atoms with Crippen LogP contribution in [0, 0.1) is 5.41 Å². The van der Waals surface area contributed by atoms with Crippen molar-refractivity contribution < 1.29 is 14.6 Å². The van der Waals surface area contributed by atoms with Gasteiger partial charge in [0.1, 0.15) is 0 Å². The molecule has 0 aliphatic carbocycles. The zero-order chi connectivity index (χ0) is 11.9. The Morgan fingerprint density at radius 2 is 1.75 bits per heavy atom. The van der Waals surface area contributed by atoms with E-state index in [0.717, 1.165) is 6.42 Å². The quantitative estimate of drug-likeness (QED) is 0.683. The van der Waals surface area contributed by atoms with Crippen LogP contribution in [0.3, 0.4) is 0 Å². The minimum absolute atomic E-state index is 0.0405. The highest BCUT2D eigenvalue weighted by Gasteiger charge is 2.31. The van der Waals surface area contributed by atoms with E-state index in [2.05, 4.69) is 6.92 Å². The van der Waals surface area contributed by atoms with E-state index in [1.54, 1.807) is 0 Å². The van der Waals surface area contributed by atoms with Crippen molar-refractivity contribution in [3.05, 3.63) is 0 Å². The Morgan fingerprint density at radius 1 is 1.12 bits per heavy atom. The minimum Gasteiger partial charge on any atom is -0.396 e. The van der Waals surface area contributed by atoms with Crippen molar-refractivity contribution in [2.24, 2.45) is 5.41 Å². The van der Waals surface area contributed by atoms with Crippen LogP contribution in [0.1, 0.15) is 52.4 Å². The predicted molar refractivity (Wildman–Crippen MR) is 64.3 cm³/mol. The van der Waals surface area contributed by atoms with Crippen LogP contribution in [-0.2, 0) is 9.47 Å². The molecule has 1 fully saturated rings. The molecule has 0 saturated carbocycles. The molecule has 96 valence electrons. The van der Waals surface area contributed by atoms with Crippen molar-refractivity contribution in [3.63, 3.8) is 0 Å². The summed E-state index contributed by atoms with van der Waals surface area (Å²) in [6.45, 7) is 5.58. The predicted octanol–water partition coefficient (Wildman–Crippen LogP) is 2.72. The van der Waals surface area contributed by atoms with Crippen LogP contribution in [0.2, 0.25) is 0 Å². The normalized spacial score (nSPS) is 30.6. The summed E-state index contributed by atoms with van der Waals surface area (Å²) in [6.07, 6.45) is 7.33. The minimum atomic E-state index is -0.196. The van der Waals surface area contributed by atoms with Gasteiger partial charge < -0.3 is 14.6 Å². The third-order valence-corrected chi connectivity index (χ3v) is 3.16. The summed E-state index contributed by atoms with van der Waals surface area (Å²) >= 11 is 0. The van der Waals surface area contributed by atoms with Gasteiger partial charge in [0.2, 0.25) is 0 Å². The Bertz CT molecular complexity index is 174. The van der Waals surface area contributed by atoms with Gasteiger partial charge in [-0.3, -0.25) is 0 Å². The molecule has 0 spiro atoms. The summed E-state index contributed by atoms with van der Waals surface area (Å²) in [4.78, 5) is 0. The summed E-state index contributed by atoms with van der Waals surface area (Å²) < 4.78 is 11.2. The fraction of sp³-hybridized carbons (Fsp3) is 1.00. The summed E-state index contributed by atoms with van der Waals surface area (Å²) in [5, 5.41) is 9.15. The highest BCUT2D eigenvalue weighted by molar-refractivity contribution is 4.75. The average Bonchev–Trinajstić information content (AvgIpc) is 2.31. The maximum atomic E-state index is 9.15. The molecular weight excluding hydrogens is 204 g/mol. The lowest BCUT2D eigenvalue weighted by Gasteiger charge is -2.36. The van der Waals surface area contributed by atoms with Crippen molar-refractivity contribution in [1.82, 2.24) is 0 Å². The molecule has 16 heavy (non-hydrogen) atoms. The number of unbranched alkanes of at least 4 members (excludes halogenated alkanes) is 4. The van der Waals surface area contributed by atoms with Gasteiger partial charge >= 0.3 is 0 Å². The molecule has 3 heteroatoms. The number of hydrogen-bond donors (Lipinski definition) is 1. The SMILES string of the molecule is CCCCCCCC1OCC(C)(CO)CO1. The van der Waals surface area contributed by atoms with E-state index in [9.17, 15) is 0 Å². The van der Waals surface area contributed by atoms with Crippen LogP contribution in [-0.4, -0.2) is 31.2 Å². The zero-order valence-corrected chi connectivity index (χ0v) is 10.7. The van der Waals surface area contributed by atoms with Gasteiger partial charge in [0.25, 0.3) is 0 Å². The van der Waals surface area contributed by atoms with E-state index in [4.69, 9.17) is 14.6 Å². The summed E-state index contributed by atoms with van der Waals surface area (Å²) in [7, 11) is 0. The number of hydrogen-bond acceptors (Lipinski definition) is 3. The molecule has 1 saturated heterocycles. The maximum absolute atomic E-state index is 9.15. The van der Waals surface area contributed by atoms with Crippen molar-refractivity contribution in [1.29, 1.82) is 0 Å². The average molecular weight is 230 g/mol. The molecule has 1 N–H and O–H groups in total. The molecule has 0 bridgehead atoms. The molecule has 1 aliphatic rings. The summed E-state index contributed by atoms with van der Waals surface area (Å²) in [5.74, 6) is 0. The Morgan fingerprint density at radius 3 is 2.31 bits per heavy atom. The van der Waals surface area contributed by atoms with E-state index in [1.807, 2.05) is 6.92 Å². The number of aliphatic hydroxyl groups is 1. The first-order chi connectivity index (χ1) is 7.70. The molecule has 0 radical (unpaired) electrons. The van der Waals surface area contributed by atoms with Crippen LogP contribution < -0.4 is 0 Å². The van der Waals surface area contributed by atoms with Crippen LogP contribution in [0.5, 0.6) is 0 Å². The van der Waals surface area contributed by atoms with Gasteiger partial charge in [-0.1, -0.05) is 39.5 Å². The Balaban J connectivity index is 2.04. The summed E-state index contributed by atoms with van der Waals surface area (Å²) in [6, 6.07) is 0. The molecule has 0 aromatic carbocycles. The van der Waals surface area contributed by atoms with E-state index < -0.39 is 0 Å². The van der Waals surface area contributed by atoms with Crippen LogP contribution >= 0.6 is 0 Å². The third kappa shape index (κ3) is 4.81. The van der Waals surface area contributed by atoms with Gasteiger partial charge in [0.05, 0.1) is 19.8 Å². The molecule has 1 heterocycles. The molecule has 0 amide bonds. The Hall–Kier alpha value is -0.120. The number of ether oxygens (including phenoxy) is 2. The maximum Gasteiger partial charge on any atom is 0.157 e. The number of rotatable bonds is 7. The van der Waals surface area contributed by atoms with Gasteiger partial charge in [-0.25, -0.2) is 0 Å². The van der Waals surface area contributed by atoms with E-state index in [1.165, 1.54) is 32.1 Å². The second kappa shape index (κ2) is 7.25. The lowest BCUT2D eigenvalue weighted by atomic mass is 9.93. The fourth-order valence-electron chi connectivity index (χ4n) is 1.85. The lowest BCUT2D eigenvalue weighted by Crippen LogP contribution is -2.42. The van der Waals surface area contributed by atoms with Crippen molar-refractivity contribution in [2.45, 2.75) is 58.7 Å². The fourth-order valence-corrected chi connectivity index (χ4v) is 1.85. The standard InChI is InChI=1S/C13H26O3/c1-3-4-5-6-7-8-12-15-10-13(2,9-14)11-16-12/h12,14H,3-11H2,1-2H3. The summed E-state index contributed by atoms with van der Waals surface area (Å²) in [5.41, 5.74) is -0.196. The molecule has 0 aromatic rings. The second-order valence-electron chi connectivity index (χ2n) is 5.22. The van der Waals surface area contributed by atoms with Gasteiger partial charge in [-0.15, -0.1) is 0 Å². The third-order valence-electron chi connectivity index (χ3n) is 3.16. The molecule has 0 aromatic heterocycles. The monoisotopic (exact) mass is 230 g/mol. The first kappa shape index (κ1) is 13.9. The number of aliphatic hydroxyl groups excluding tert-OH is 1. The molecule has 3 nitrogen and oxygen atoms in total. The Labute approximate surface area is 99.1 Å². The van der Waals surface area contributed by atoms with E-state index in [-0.39, 0.29) is 18.3 Å². The molecule has 1 rings (SSSR count). The molecule has 1 aliphatic heterocycles. The van der Waals surface area contributed by atoms with E-state index >= 15 is 0 Å². The molecule has 0 atom stereocenters. The second-order valence-corrected chi connectivity index (χ2v) is 5.22. The zero-order valence-electron chi connectivity index (χ0n) is 10.7. The van der Waals surface area contributed by atoms with Crippen LogP contribution in [0.25, 0.3) is 0 Å². The van der Waals surface area contributed by atoms with Gasteiger partial charge in [0.15, 0.2) is 6.29 Å². The van der Waals surface area contributed by atoms with E-state index in [0.29, 0.717) is 13.2 Å². The van der Waals surface area contributed by atoms with Crippen molar-refractivity contribution in [2.75, 3.05) is 19.8 Å². The van der Waals surface area contributed by atoms with Gasteiger partial charge in [-0.05, 0) is 12.8 Å². The van der Waals surface area contributed by atoms with Gasteiger partial charge in [-0.2, -0.15) is 0 Å². The first-order valence-electron chi connectivity index (χ1n) is 6.54.